The lowest BCUT2D eigenvalue weighted by Gasteiger charge is -2.36. The molecule has 1 heteroatoms. The van der Waals surface area contributed by atoms with E-state index in [1.807, 2.05) is 7.11 Å². The molecule has 8 bridgehead atoms. The Morgan fingerprint density at radius 3 is 1.63 bits per heavy atom. The molecule has 0 aromatic heterocycles. The van der Waals surface area contributed by atoms with Crippen LogP contribution < -0.4 is 0 Å². The number of fused-ring (bicyclic) bond motifs is 7. The topological polar surface area (TPSA) is 9.23 Å². The van der Waals surface area contributed by atoms with Gasteiger partial charge in [0.2, 0.25) is 0 Å². The van der Waals surface area contributed by atoms with Crippen LogP contribution in [0, 0.1) is 20.8 Å². The molecule has 3 aromatic rings. The molecule has 8 rings (SSSR count). The maximum Gasteiger partial charge on any atom is 0.140 e. The van der Waals surface area contributed by atoms with Crippen LogP contribution in [-0.2, 0) is 10.3 Å². The van der Waals surface area contributed by atoms with Crippen molar-refractivity contribution < 1.29 is 4.74 Å². The summed E-state index contributed by atoms with van der Waals surface area (Å²) >= 11 is 0. The first kappa shape index (κ1) is 28.5. The van der Waals surface area contributed by atoms with Crippen LogP contribution in [0.5, 0.6) is 0 Å². The lowest BCUT2D eigenvalue weighted by molar-refractivity contribution is 0.0529. The average Bonchev–Trinajstić information content (AvgIpc) is 3.90. The van der Waals surface area contributed by atoms with Gasteiger partial charge in [0.15, 0.2) is 0 Å². The number of aryl methyl sites for hydroxylation is 3. The van der Waals surface area contributed by atoms with Gasteiger partial charge in [-0.2, -0.15) is 0 Å². The predicted octanol–water partition coefficient (Wildman–Crippen LogP) is 10.9. The Morgan fingerprint density at radius 2 is 1.04 bits per heavy atom. The van der Waals surface area contributed by atoms with Crippen molar-refractivity contribution in [1.82, 2.24) is 0 Å². The summed E-state index contributed by atoms with van der Waals surface area (Å²) in [5.74, 6) is 0. The zero-order valence-electron chi connectivity index (χ0n) is 27.0. The maximum absolute atomic E-state index is 6.72. The highest BCUT2D eigenvalue weighted by Crippen LogP contribution is 2.50. The number of benzene rings is 3. The molecule has 0 saturated carbocycles. The zero-order chi connectivity index (χ0) is 31.4. The van der Waals surface area contributed by atoms with Gasteiger partial charge in [0, 0.05) is 7.11 Å². The Balaban J connectivity index is 1.37. The highest BCUT2D eigenvalue weighted by molar-refractivity contribution is 5.93. The van der Waals surface area contributed by atoms with Crippen molar-refractivity contribution in [2.75, 3.05) is 7.11 Å². The van der Waals surface area contributed by atoms with E-state index in [9.17, 15) is 0 Å². The van der Waals surface area contributed by atoms with Crippen molar-refractivity contribution in [2.24, 2.45) is 0 Å². The van der Waals surface area contributed by atoms with Gasteiger partial charge in [0.05, 0.1) is 0 Å². The summed E-state index contributed by atoms with van der Waals surface area (Å²) in [7, 11) is 1.86. The number of hydrogen-bond donors (Lipinski definition) is 0. The first-order valence-electron chi connectivity index (χ1n) is 16.3. The third kappa shape index (κ3) is 4.66. The van der Waals surface area contributed by atoms with Gasteiger partial charge in [0.25, 0.3) is 0 Å². The first-order chi connectivity index (χ1) is 22.4. The third-order valence-electron chi connectivity index (χ3n) is 10.1. The second kappa shape index (κ2) is 11.1. The minimum Gasteiger partial charge on any atom is -0.364 e. The van der Waals surface area contributed by atoms with Gasteiger partial charge in [-0.1, -0.05) is 138 Å². The molecule has 5 aliphatic rings. The van der Waals surface area contributed by atoms with Crippen molar-refractivity contribution >= 4 is 11.1 Å². The number of hydrogen-bond acceptors (Lipinski definition) is 1. The molecule has 3 aromatic carbocycles. The Morgan fingerprint density at radius 1 is 0.522 bits per heavy atom. The molecule has 5 aliphatic carbocycles. The summed E-state index contributed by atoms with van der Waals surface area (Å²) in [5.41, 5.74) is 19.5. The van der Waals surface area contributed by atoms with Gasteiger partial charge in [-0.3, -0.25) is 0 Å². The van der Waals surface area contributed by atoms with Gasteiger partial charge in [0.1, 0.15) is 5.60 Å². The standard InChI is InChI=1S/C45H38O/c1-29-5-11-32(12-6-29)43-36-16-15-34(25-36)35-19-23-41(27-35)45(46-4,40-21-9-31(3)10-22-40)42-24-20-39(28-42)44(38-18-17-37(43)26-38)33-13-7-30(2)8-14-33/h5-25,28H,26-27H2,1-4H3/b43-36-,44-39-. The Hall–Kier alpha value is -4.98. The summed E-state index contributed by atoms with van der Waals surface area (Å²) in [6.07, 6.45) is 25.0. The van der Waals surface area contributed by atoms with Gasteiger partial charge in [-0.05, 0) is 118 Å². The molecular formula is C45H38O. The lowest BCUT2D eigenvalue weighted by Crippen LogP contribution is -2.32. The number of ether oxygens (including phenoxy) is 1. The summed E-state index contributed by atoms with van der Waals surface area (Å²) in [6.45, 7) is 6.46. The van der Waals surface area contributed by atoms with Crippen LogP contribution in [0.4, 0.5) is 0 Å². The van der Waals surface area contributed by atoms with Crippen LogP contribution in [0.1, 0.15) is 46.2 Å². The molecule has 0 heterocycles. The second-order valence-corrected chi connectivity index (χ2v) is 13.1. The molecule has 0 aliphatic heterocycles. The van der Waals surface area contributed by atoms with Crippen LogP contribution in [0.15, 0.2) is 178 Å². The molecule has 0 fully saturated rings. The monoisotopic (exact) mass is 594 g/mol. The molecule has 0 spiro atoms. The average molecular weight is 595 g/mol. The van der Waals surface area contributed by atoms with E-state index in [0.29, 0.717) is 0 Å². The van der Waals surface area contributed by atoms with E-state index in [4.69, 9.17) is 4.74 Å². The maximum atomic E-state index is 6.72. The predicted molar refractivity (Wildman–Crippen MR) is 192 cm³/mol. The Bertz CT molecular complexity index is 2090. The van der Waals surface area contributed by atoms with E-state index in [0.717, 1.165) is 24.0 Å². The molecule has 1 nitrogen and oxygen atoms in total. The van der Waals surface area contributed by atoms with Crippen molar-refractivity contribution in [3.05, 3.63) is 212 Å². The van der Waals surface area contributed by atoms with E-state index >= 15 is 0 Å². The van der Waals surface area contributed by atoms with Gasteiger partial charge < -0.3 is 4.74 Å². The second-order valence-electron chi connectivity index (χ2n) is 13.1. The highest BCUT2D eigenvalue weighted by Gasteiger charge is 2.42. The fourth-order valence-electron chi connectivity index (χ4n) is 7.66. The fourth-order valence-corrected chi connectivity index (χ4v) is 7.66. The number of allylic oxidation sites excluding steroid dienone is 17. The van der Waals surface area contributed by atoms with E-state index in [1.165, 1.54) is 78.0 Å². The molecule has 224 valence electrons. The quantitative estimate of drug-likeness (QED) is 0.292. The van der Waals surface area contributed by atoms with E-state index in [2.05, 4.69) is 154 Å². The van der Waals surface area contributed by atoms with Crippen molar-refractivity contribution in [3.63, 3.8) is 0 Å². The van der Waals surface area contributed by atoms with Crippen LogP contribution in [0.3, 0.4) is 0 Å². The summed E-state index contributed by atoms with van der Waals surface area (Å²) in [6, 6.07) is 26.9. The van der Waals surface area contributed by atoms with Crippen LogP contribution in [-0.4, -0.2) is 7.11 Å². The third-order valence-corrected chi connectivity index (χ3v) is 10.1. The molecule has 0 N–H and O–H groups in total. The van der Waals surface area contributed by atoms with Crippen molar-refractivity contribution in [3.8, 4) is 0 Å². The van der Waals surface area contributed by atoms with Crippen molar-refractivity contribution in [2.45, 2.75) is 39.2 Å². The summed E-state index contributed by atoms with van der Waals surface area (Å²) in [5, 5.41) is 0. The van der Waals surface area contributed by atoms with Gasteiger partial charge >= 0.3 is 0 Å². The van der Waals surface area contributed by atoms with E-state index < -0.39 is 5.60 Å². The molecule has 1 atom stereocenters. The lowest BCUT2D eigenvalue weighted by atomic mass is 9.77. The van der Waals surface area contributed by atoms with Gasteiger partial charge in [-0.25, -0.2) is 0 Å². The zero-order valence-corrected chi connectivity index (χ0v) is 27.0. The van der Waals surface area contributed by atoms with Crippen LogP contribution in [0.2, 0.25) is 0 Å². The van der Waals surface area contributed by atoms with Crippen molar-refractivity contribution in [1.29, 1.82) is 0 Å². The van der Waals surface area contributed by atoms with E-state index in [-0.39, 0.29) is 0 Å². The molecular weight excluding hydrogens is 556 g/mol. The smallest absolute Gasteiger partial charge is 0.140 e. The molecule has 0 amide bonds. The SMILES string of the molecule is COC1(c2ccc(C)cc2)C2=C/C(=C(/c3ccc(C)cc3)C3=CC=C(C3)/C(c3ccc(C)cc3)=C3/C=CC(=C3)C3=CC=C1C3)C=C2. The fraction of sp³-hybridized carbons (Fsp3) is 0.156. The van der Waals surface area contributed by atoms with Crippen LogP contribution >= 0.6 is 0 Å². The molecule has 1 unspecified atom stereocenters. The molecule has 0 radical (unpaired) electrons. The summed E-state index contributed by atoms with van der Waals surface area (Å²) < 4.78 is 6.72. The van der Waals surface area contributed by atoms with E-state index in [1.54, 1.807) is 0 Å². The normalized spacial score (nSPS) is 24.6. The number of methoxy groups -OCH3 is 1. The van der Waals surface area contributed by atoms with Gasteiger partial charge in [-0.15, -0.1) is 0 Å². The largest absolute Gasteiger partial charge is 0.364 e. The Labute approximate surface area is 273 Å². The van der Waals surface area contributed by atoms with Crippen LogP contribution in [0.25, 0.3) is 11.1 Å². The minimum atomic E-state index is -0.704. The number of rotatable bonds is 4. The molecule has 46 heavy (non-hydrogen) atoms. The minimum absolute atomic E-state index is 0.704. The summed E-state index contributed by atoms with van der Waals surface area (Å²) in [4.78, 5) is 0. The first-order valence-corrected chi connectivity index (χ1v) is 16.3. The Kier molecular flexibility index (Phi) is 6.89. The highest BCUT2D eigenvalue weighted by atomic mass is 16.5. The molecule has 0 saturated heterocycles.